The number of anilines is 1. The number of carbonyl (C=O) groups excluding carboxylic acids is 1. The number of nitrogens with two attached hydrogens (primary N) is 1. The first kappa shape index (κ1) is 22.3. The zero-order valence-electron chi connectivity index (χ0n) is 20.7. The molecular weight excluding hydrogens is 450 g/mol. The second-order valence-electron chi connectivity index (χ2n) is 9.81. The first-order valence-electron chi connectivity index (χ1n) is 12.3. The highest BCUT2D eigenvalue weighted by Crippen LogP contribution is 2.41. The number of benzene rings is 1. The van der Waals surface area contributed by atoms with Crippen molar-refractivity contribution in [3.05, 3.63) is 88.3 Å². The van der Waals surface area contributed by atoms with Crippen molar-refractivity contribution in [3.8, 4) is 0 Å². The molecule has 0 radical (unpaired) electrons. The van der Waals surface area contributed by atoms with Gasteiger partial charge in [-0.1, -0.05) is 6.07 Å². The smallest absolute Gasteiger partial charge is 0.254 e. The average Bonchev–Trinajstić information content (AvgIpc) is 3.44. The zero-order valence-corrected chi connectivity index (χ0v) is 20.7. The Bertz CT molecular complexity index is 1640. The van der Waals surface area contributed by atoms with Crippen LogP contribution in [0.4, 0.5) is 5.82 Å². The number of rotatable bonds is 6. The summed E-state index contributed by atoms with van der Waals surface area (Å²) in [5.74, 6) is 1.06. The molecule has 0 aliphatic heterocycles. The molecule has 1 fully saturated rings. The Morgan fingerprint density at radius 2 is 1.97 bits per heavy atom. The number of carbonyl (C=O) groups is 1. The van der Waals surface area contributed by atoms with Crippen LogP contribution in [0.5, 0.6) is 0 Å². The van der Waals surface area contributed by atoms with Gasteiger partial charge in [0, 0.05) is 36.2 Å². The standard InChI is InChI=1S/C28H29N7O/c1-16-10-24-22(8-9-30-27(24)29)17(2)25(16)12-31-28(36)20-11-32-34(13-20)14-21-15-35-18(3)23(19-4-5-19)6-7-26(35)33-21/h6-11,13,15,19H,4-5,12,14H2,1-3H3,(H2,29,30)(H,31,36). The van der Waals surface area contributed by atoms with Gasteiger partial charge in [0.15, 0.2) is 0 Å². The van der Waals surface area contributed by atoms with Crippen molar-refractivity contribution in [1.82, 2.24) is 29.5 Å². The summed E-state index contributed by atoms with van der Waals surface area (Å²) in [6, 6.07) is 8.30. The predicted molar refractivity (Wildman–Crippen MR) is 140 cm³/mol. The fourth-order valence-electron chi connectivity index (χ4n) is 5.16. The van der Waals surface area contributed by atoms with Gasteiger partial charge >= 0.3 is 0 Å². The Morgan fingerprint density at radius 3 is 2.78 bits per heavy atom. The summed E-state index contributed by atoms with van der Waals surface area (Å²) in [6.07, 6.45) is 9.72. The quantitative estimate of drug-likeness (QED) is 0.375. The van der Waals surface area contributed by atoms with Crippen molar-refractivity contribution in [2.45, 2.75) is 52.6 Å². The van der Waals surface area contributed by atoms with E-state index in [4.69, 9.17) is 10.7 Å². The zero-order chi connectivity index (χ0) is 25.0. The van der Waals surface area contributed by atoms with E-state index in [1.165, 1.54) is 24.1 Å². The molecular formula is C28H29N7O. The van der Waals surface area contributed by atoms with Crippen molar-refractivity contribution < 1.29 is 4.79 Å². The molecule has 8 nitrogen and oxygen atoms in total. The molecule has 1 amide bonds. The lowest BCUT2D eigenvalue weighted by Gasteiger charge is -2.14. The SMILES string of the molecule is Cc1cc2c(N)nccc2c(C)c1CNC(=O)c1cnn(Cc2cn3c(C)c(C4CC4)ccc3n2)c1. The normalized spacial score (nSPS) is 13.5. The summed E-state index contributed by atoms with van der Waals surface area (Å²) in [5, 5.41) is 9.45. The maximum atomic E-state index is 12.9. The number of aryl methyl sites for hydroxylation is 3. The lowest BCUT2D eigenvalue weighted by Crippen LogP contribution is -2.23. The van der Waals surface area contributed by atoms with Crippen LogP contribution >= 0.6 is 0 Å². The van der Waals surface area contributed by atoms with Crippen molar-refractivity contribution in [1.29, 1.82) is 0 Å². The van der Waals surface area contributed by atoms with Crippen molar-refractivity contribution >= 4 is 28.1 Å². The van der Waals surface area contributed by atoms with Crippen LogP contribution in [0.2, 0.25) is 0 Å². The van der Waals surface area contributed by atoms with Crippen LogP contribution in [0.25, 0.3) is 16.4 Å². The van der Waals surface area contributed by atoms with Crippen LogP contribution in [-0.4, -0.2) is 30.1 Å². The number of fused-ring (bicyclic) bond motifs is 2. The van der Waals surface area contributed by atoms with E-state index in [1.807, 2.05) is 19.1 Å². The molecule has 1 aliphatic rings. The van der Waals surface area contributed by atoms with E-state index in [1.54, 1.807) is 23.3 Å². The van der Waals surface area contributed by atoms with Crippen molar-refractivity contribution in [3.63, 3.8) is 0 Å². The van der Waals surface area contributed by atoms with Gasteiger partial charge in [-0.05, 0) is 85.4 Å². The van der Waals surface area contributed by atoms with Gasteiger partial charge in [0.05, 0.1) is 24.0 Å². The molecule has 8 heteroatoms. The van der Waals surface area contributed by atoms with Crippen LogP contribution in [0.15, 0.2) is 49.1 Å². The summed E-state index contributed by atoms with van der Waals surface area (Å²) < 4.78 is 3.92. The third kappa shape index (κ3) is 3.88. The molecule has 1 saturated carbocycles. The highest BCUT2D eigenvalue weighted by atomic mass is 16.1. The first-order chi connectivity index (χ1) is 17.4. The van der Waals surface area contributed by atoms with Gasteiger partial charge in [0.25, 0.3) is 5.91 Å². The highest BCUT2D eigenvalue weighted by molar-refractivity contribution is 5.95. The minimum Gasteiger partial charge on any atom is -0.383 e. The number of nitrogen functional groups attached to an aromatic ring is 1. The molecule has 1 aliphatic carbocycles. The first-order valence-corrected chi connectivity index (χ1v) is 12.3. The van der Waals surface area contributed by atoms with Crippen LogP contribution in [-0.2, 0) is 13.1 Å². The largest absolute Gasteiger partial charge is 0.383 e. The van der Waals surface area contributed by atoms with E-state index in [0.717, 1.165) is 38.8 Å². The van der Waals surface area contributed by atoms with Gasteiger partial charge in [-0.25, -0.2) is 9.97 Å². The molecule has 0 atom stereocenters. The van der Waals surface area contributed by atoms with Crippen molar-refractivity contribution in [2.24, 2.45) is 0 Å². The molecule has 0 unspecified atom stereocenters. The number of pyridine rings is 2. The van der Waals surface area contributed by atoms with Crippen LogP contribution in [0.1, 0.15) is 62.8 Å². The van der Waals surface area contributed by atoms with Gasteiger partial charge < -0.3 is 15.5 Å². The van der Waals surface area contributed by atoms with Gasteiger partial charge in [-0.2, -0.15) is 5.10 Å². The minimum absolute atomic E-state index is 0.158. The molecule has 4 aromatic heterocycles. The molecule has 0 bridgehead atoms. The third-order valence-electron chi connectivity index (χ3n) is 7.35. The topological polar surface area (TPSA) is 103 Å². The summed E-state index contributed by atoms with van der Waals surface area (Å²) in [6.45, 7) is 7.18. The molecule has 3 N–H and O–H groups in total. The lowest BCUT2D eigenvalue weighted by molar-refractivity contribution is 0.0950. The fourth-order valence-corrected chi connectivity index (χ4v) is 5.16. The van der Waals surface area contributed by atoms with E-state index in [0.29, 0.717) is 30.4 Å². The van der Waals surface area contributed by atoms with E-state index in [-0.39, 0.29) is 5.91 Å². The van der Waals surface area contributed by atoms with Crippen LogP contribution in [0, 0.1) is 20.8 Å². The number of amides is 1. The van der Waals surface area contributed by atoms with E-state index >= 15 is 0 Å². The summed E-state index contributed by atoms with van der Waals surface area (Å²) >= 11 is 0. The molecule has 5 aromatic rings. The van der Waals surface area contributed by atoms with E-state index in [2.05, 4.69) is 52.0 Å². The summed E-state index contributed by atoms with van der Waals surface area (Å²) in [4.78, 5) is 21.8. The number of aromatic nitrogens is 5. The number of hydrogen-bond donors (Lipinski definition) is 2. The van der Waals surface area contributed by atoms with Gasteiger partial charge in [0.2, 0.25) is 0 Å². The molecule has 0 saturated heterocycles. The Morgan fingerprint density at radius 1 is 1.14 bits per heavy atom. The van der Waals surface area contributed by atoms with E-state index < -0.39 is 0 Å². The maximum Gasteiger partial charge on any atom is 0.254 e. The van der Waals surface area contributed by atoms with Gasteiger partial charge in [-0.3, -0.25) is 9.48 Å². The highest BCUT2D eigenvalue weighted by Gasteiger charge is 2.26. The second kappa shape index (κ2) is 8.48. The third-order valence-corrected chi connectivity index (χ3v) is 7.35. The molecule has 182 valence electrons. The lowest BCUT2D eigenvalue weighted by atomic mass is 9.96. The number of nitrogens with zero attached hydrogens (tertiary/aromatic N) is 5. The van der Waals surface area contributed by atoms with Crippen molar-refractivity contribution in [2.75, 3.05) is 5.73 Å². The molecule has 4 heterocycles. The van der Waals surface area contributed by atoms with Crippen LogP contribution in [0.3, 0.4) is 0 Å². The fraction of sp³-hybridized carbons (Fsp3) is 0.286. The summed E-state index contributed by atoms with van der Waals surface area (Å²) in [5.41, 5.74) is 14.4. The minimum atomic E-state index is -0.158. The molecule has 36 heavy (non-hydrogen) atoms. The molecule has 1 aromatic carbocycles. The van der Waals surface area contributed by atoms with Gasteiger partial charge in [-0.15, -0.1) is 0 Å². The summed E-state index contributed by atoms with van der Waals surface area (Å²) in [7, 11) is 0. The average molecular weight is 480 g/mol. The number of imidazole rings is 1. The number of nitrogens with one attached hydrogen (secondary N) is 1. The number of hydrogen-bond acceptors (Lipinski definition) is 5. The predicted octanol–water partition coefficient (Wildman–Crippen LogP) is 4.44. The molecule has 0 spiro atoms. The van der Waals surface area contributed by atoms with Gasteiger partial charge in [0.1, 0.15) is 11.5 Å². The maximum absolute atomic E-state index is 12.9. The van der Waals surface area contributed by atoms with Crippen LogP contribution < -0.4 is 11.1 Å². The monoisotopic (exact) mass is 479 g/mol. The Hall–Kier alpha value is -4.20. The Labute approximate surface area is 209 Å². The Kier molecular flexibility index (Phi) is 5.25. The Balaban J connectivity index is 1.17. The molecule has 6 rings (SSSR count). The second-order valence-corrected chi connectivity index (χ2v) is 9.81. The van der Waals surface area contributed by atoms with E-state index in [9.17, 15) is 4.79 Å².